The average Bonchev–Trinajstić information content (AvgIpc) is 3.13. The first-order valence-electron chi connectivity index (χ1n) is 17.8. The van der Waals surface area contributed by atoms with Crippen LogP contribution in [-0.2, 0) is 24.9 Å². The van der Waals surface area contributed by atoms with Crippen molar-refractivity contribution in [3.05, 3.63) is 121 Å². The van der Waals surface area contributed by atoms with Crippen LogP contribution in [0, 0.1) is 28.2 Å². The van der Waals surface area contributed by atoms with Crippen LogP contribution < -0.4 is 5.19 Å². The van der Waals surface area contributed by atoms with E-state index in [9.17, 15) is 15.2 Å². The Morgan fingerprint density at radius 3 is 2.06 bits per heavy atom. The SMILES string of the molecule is CCC(C)(C)C(=O)/C=C(\O)C(C)(C)CC.C[Si](C)(C)c1ccc(-c2cccc3c2ccc2c(-c4[c-]c5ccccc5c(C#N)c4)nccc23)cc1.[Ir]. The number of aliphatic hydroxyl groups is 1. The van der Waals surface area contributed by atoms with Gasteiger partial charge in [0.25, 0.3) is 0 Å². The van der Waals surface area contributed by atoms with Gasteiger partial charge in [-0.15, -0.1) is 23.6 Å². The van der Waals surface area contributed by atoms with E-state index in [2.05, 4.69) is 92.4 Å². The Hall–Kier alpha value is -4.40. The number of hydrogen-bond acceptors (Lipinski definition) is 4. The van der Waals surface area contributed by atoms with Crippen LogP contribution in [-0.4, -0.2) is 23.9 Å². The maximum atomic E-state index is 11.8. The summed E-state index contributed by atoms with van der Waals surface area (Å²) >= 11 is 0. The first kappa shape index (κ1) is 40.4. The van der Waals surface area contributed by atoms with Gasteiger partial charge in [-0.05, 0) is 57.1 Å². The Morgan fingerprint density at radius 1 is 0.808 bits per heavy atom. The molecule has 0 saturated carbocycles. The van der Waals surface area contributed by atoms with Crippen molar-refractivity contribution in [3.8, 4) is 28.5 Å². The summed E-state index contributed by atoms with van der Waals surface area (Å²) in [5.41, 5.74) is 4.12. The minimum Gasteiger partial charge on any atom is -0.512 e. The largest absolute Gasteiger partial charge is 0.512 e. The molecule has 0 unspecified atom stereocenters. The second-order valence-corrected chi connectivity index (χ2v) is 20.7. The molecule has 1 heterocycles. The molecule has 0 aliphatic heterocycles. The summed E-state index contributed by atoms with van der Waals surface area (Å²) in [6.07, 6.45) is 4.85. The van der Waals surface area contributed by atoms with E-state index in [-0.39, 0.29) is 42.5 Å². The molecule has 6 rings (SSSR count). The predicted octanol–water partition coefficient (Wildman–Crippen LogP) is 12.0. The van der Waals surface area contributed by atoms with Crippen LogP contribution in [0.1, 0.15) is 59.9 Å². The van der Waals surface area contributed by atoms with E-state index in [1.54, 1.807) is 0 Å². The van der Waals surface area contributed by atoms with Gasteiger partial charge in [0.15, 0.2) is 5.78 Å². The molecule has 1 aromatic heterocycles. The zero-order valence-electron chi connectivity index (χ0n) is 31.8. The van der Waals surface area contributed by atoms with Gasteiger partial charge in [0.1, 0.15) is 5.76 Å². The topological polar surface area (TPSA) is 74.0 Å². The maximum Gasteiger partial charge on any atom is 0.164 e. The van der Waals surface area contributed by atoms with Crippen molar-refractivity contribution in [2.45, 2.75) is 74.0 Å². The van der Waals surface area contributed by atoms with E-state index in [0.29, 0.717) is 5.56 Å². The molecule has 0 spiro atoms. The zero-order valence-corrected chi connectivity index (χ0v) is 35.2. The van der Waals surface area contributed by atoms with Crippen LogP contribution in [0.15, 0.2) is 109 Å². The van der Waals surface area contributed by atoms with Gasteiger partial charge in [-0.2, -0.15) is 5.26 Å². The van der Waals surface area contributed by atoms with Crippen molar-refractivity contribution in [1.82, 2.24) is 4.98 Å². The first-order chi connectivity index (χ1) is 24.1. The zero-order chi connectivity index (χ0) is 37.1. The molecular weight excluding hydrogens is 833 g/mol. The van der Waals surface area contributed by atoms with Gasteiger partial charge in [-0.1, -0.05) is 150 Å². The van der Waals surface area contributed by atoms with Gasteiger partial charge in [-0.25, -0.2) is 0 Å². The molecule has 0 amide bonds. The predicted molar refractivity (Wildman–Crippen MR) is 218 cm³/mol. The molecule has 6 heteroatoms. The fraction of sp³-hybridized carbons (Fsp3) is 0.283. The molecule has 0 saturated heterocycles. The molecule has 0 atom stereocenters. The smallest absolute Gasteiger partial charge is 0.164 e. The van der Waals surface area contributed by atoms with Crippen LogP contribution in [0.2, 0.25) is 19.6 Å². The Bertz CT molecular complexity index is 2310. The van der Waals surface area contributed by atoms with Crippen LogP contribution >= 0.6 is 0 Å². The van der Waals surface area contributed by atoms with Crippen LogP contribution in [0.25, 0.3) is 54.7 Å². The molecule has 0 fully saturated rings. The molecule has 0 bridgehead atoms. The Kier molecular flexibility index (Phi) is 12.5. The van der Waals surface area contributed by atoms with E-state index in [4.69, 9.17) is 4.98 Å². The van der Waals surface area contributed by atoms with Gasteiger partial charge in [0.05, 0.1) is 14.1 Å². The molecule has 52 heavy (non-hydrogen) atoms. The summed E-state index contributed by atoms with van der Waals surface area (Å²) < 4.78 is 0. The van der Waals surface area contributed by atoms with E-state index in [0.717, 1.165) is 45.6 Å². The summed E-state index contributed by atoms with van der Waals surface area (Å²) in [4.78, 5) is 16.6. The standard InChI is InChI=1S/C33H25N2Si.C13H24O2.Ir/c1-36(2,3)26-13-11-22(12-14-26)28-9-6-10-29-30(28)15-16-32-31(29)17-18-35-33(32)24-19-23-7-4-5-8-27(23)25(20-24)21-34;1-7-12(3,4)10(14)9-11(15)13(5,6)8-2;/h4-18,20H,1-3H3;9,14H,7-8H2,1-6H3;/q-1;;/b;10-9-;. The van der Waals surface area contributed by atoms with Crippen LogP contribution in [0.3, 0.4) is 0 Å². The molecule has 6 aromatic rings. The molecule has 0 aliphatic carbocycles. The molecule has 1 radical (unpaired) electrons. The van der Waals surface area contributed by atoms with E-state index >= 15 is 0 Å². The summed E-state index contributed by atoms with van der Waals surface area (Å²) in [5.74, 6) is 0.195. The third-order valence-electron chi connectivity index (χ3n) is 10.4. The van der Waals surface area contributed by atoms with Gasteiger partial charge in [0, 0.05) is 48.9 Å². The van der Waals surface area contributed by atoms with Gasteiger partial charge in [0.2, 0.25) is 0 Å². The molecule has 269 valence electrons. The number of rotatable bonds is 8. The summed E-state index contributed by atoms with van der Waals surface area (Å²) in [7, 11) is -1.34. The Morgan fingerprint density at radius 2 is 1.42 bits per heavy atom. The quantitative estimate of drug-likeness (QED) is 0.0543. The second-order valence-electron chi connectivity index (χ2n) is 15.7. The van der Waals surface area contributed by atoms with Crippen molar-refractivity contribution >= 4 is 51.4 Å². The van der Waals surface area contributed by atoms with Gasteiger partial charge < -0.3 is 5.11 Å². The normalized spacial score (nSPS) is 12.2. The summed E-state index contributed by atoms with van der Waals surface area (Å²) in [6.45, 7) is 18.8. The number of pyridine rings is 1. The second kappa shape index (κ2) is 16.1. The number of ketones is 1. The number of fused-ring (bicyclic) bond motifs is 4. The van der Waals surface area contributed by atoms with E-state index < -0.39 is 8.07 Å². The van der Waals surface area contributed by atoms with Crippen LogP contribution in [0.5, 0.6) is 0 Å². The maximum absolute atomic E-state index is 11.8. The monoisotopic (exact) mass is 882 g/mol. The molecule has 1 N–H and O–H groups in total. The van der Waals surface area contributed by atoms with Crippen molar-refractivity contribution < 1.29 is 30.0 Å². The molecule has 4 nitrogen and oxygen atoms in total. The fourth-order valence-electron chi connectivity index (χ4n) is 5.96. The fourth-order valence-corrected chi connectivity index (χ4v) is 7.13. The molecule has 0 aliphatic rings. The van der Waals surface area contributed by atoms with E-state index in [1.807, 2.05) is 78.1 Å². The number of allylic oxidation sites excluding steroid dienone is 2. The number of carbonyl (C=O) groups excluding carboxylic acids is 1. The minimum atomic E-state index is -1.34. The number of aliphatic hydroxyl groups excluding tert-OH is 1. The Labute approximate surface area is 324 Å². The van der Waals surface area contributed by atoms with E-state index in [1.165, 1.54) is 33.2 Å². The number of nitrogens with zero attached hydrogens (tertiary/aromatic N) is 2. The third kappa shape index (κ3) is 8.45. The third-order valence-corrected chi connectivity index (χ3v) is 12.5. The van der Waals surface area contributed by atoms with Crippen molar-refractivity contribution in [2.24, 2.45) is 10.8 Å². The minimum absolute atomic E-state index is 0. The number of carbonyl (C=O) groups is 1. The average molecular weight is 882 g/mol. The molecule has 5 aromatic carbocycles. The van der Waals surface area contributed by atoms with Gasteiger partial charge >= 0.3 is 0 Å². The number of nitriles is 1. The van der Waals surface area contributed by atoms with Gasteiger partial charge in [-0.3, -0.25) is 9.78 Å². The first-order valence-corrected chi connectivity index (χ1v) is 21.3. The number of aromatic nitrogens is 1. The van der Waals surface area contributed by atoms with Crippen molar-refractivity contribution in [1.29, 1.82) is 5.26 Å². The van der Waals surface area contributed by atoms with Crippen molar-refractivity contribution in [2.75, 3.05) is 0 Å². The summed E-state index contributed by atoms with van der Waals surface area (Å²) in [6, 6.07) is 37.8. The molecular formula is C46H49IrN2O2Si-. The van der Waals surface area contributed by atoms with Crippen molar-refractivity contribution in [3.63, 3.8) is 0 Å². The number of benzene rings is 5. The number of hydrogen-bond donors (Lipinski definition) is 1. The summed E-state index contributed by atoms with van der Waals surface area (Å²) in [5, 5.41) is 27.6. The van der Waals surface area contributed by atoms with Crippen LogP contribution in [0.4, 0.5) is 0 Å². The Balaban J connectivity index is 0.000000323.